The summed E-state index contributed by atoms with van der Waals surface area (Å²) in [4.78, 5) is 0. The van der Waals surface area contributed by atoms with Crippen molar-refractivity contribution < 1.29 is 47.4 Å². The first-order chi connectivity index (χ1) is 50.1. The van der Waals surface area contributed by atoms with Crippen molar-refractivity contribution in [2.24, 2.45) is 0 Å². The fraction of sp³-hybridized carbons (Fsp3) is 0.484. The van der Waals surface area contributed by atoms with Crippen LogP contribution in [-0.2, 0) is 32.1 Å². The van der Waals surface area contributed by atoms with Gasteiger partial charge in [-0.2, -0.15) is 0 Å². The zero-order chi connectivity index (χ0) is 74.2. The molecule has 0 amide bonds. The second-order valence-corrected chi connectivity index (χ2v) is 30.8. The number of rotatable bonds is 8. The molecule has 8 aliphatic rings. The summed E-state index contributed by atoms with van der Waals surface area (Å²) in [6, 6.07) is 49.6. The van der Waals surface area contributed by atoms with Crippen molar-refractivity contribution in [2.75, 3.05) is 71.5 Å². The highest BCUT2D eigenvalue weighted by Gasteiger charge is 2.21. The summed E-state index contributed by atoms with van der Waals surface area (Å²) < 4.78 is 54.8. The van der Waals surface area contributed by atoms with Crippen molar-refractivity contribution in [3.05, 3.63) is 217 Å². The number of fused-ring (bicyclic) bond motifs is 8. The average molecular weight is 1420 g/mol. The third-order valence-corrected chi connectivity index (χ3v) is 20.1. The van der Waals surface area contributed by atoms with Crippen LogP contribution in [0.25, 0.3) is 0 Å². The smallest absolute Gasteiger partial charge is 0.231 e. The van der Waals surface area contributed by atoms with Gasteiger partial charge in [0.1, 0.15) is 56.0 Å². The Morgan fingerprint density at radius 3 is 1.12 bits per heavy atom. The Hall–Kier alpha value is -8.44. The van der Waals surface area contributed by atoms with Gasteiger partial charge in [-0.3, -0.25) is 0 Å². The van der Waals surface area contributed by atoms with Crippen LogP contribution in [-0.4, -0.2) is 66.2 Å². The van der Waals surface area contributed by atoms with Crippen LogP contribution in [0.2, 0.25) is 0 Å². The number of benzene rings is 8. The van der Waals surface area contributed by atoms with Crippen molar-refractivity contribution >= 4 is 5.69 Å². The molecule has 0 atom stereocenters. The predicted molar refractivity (Wildman–Crippen MR) is 429 cm³/mol. The Labute approximate surface area is 625 Å². The van der Waals surface area contributed by atoms with E-state index in [1.54, 1.807) is 11.1 Å². The van der Waals surface area contributed by atoms with E-state index in [-0.39, 0.29) is 0 Å². The minimum atomic E-state index is 0.358. The van der Waals surface area contributed by atoms with Gasteiger partial charge in [-0.15, -0.1) is 0 Å². The van der Waals surface area contributed by atoms with Gasteiger partial charge in [0.15, 0.2) is 34.5 Å². The number of anilines is 1. The molecule has 7 aliphatic heterocycles. The molecule has 8 aromatic rings. The zero-order valence-corrected chi connectivity index (χ0v) is 66.1. The Kier molecular flexibility index (Phi) is 30.3. The van der Waals surface area contributed by atoms with Crippen molar-refractivity contribution in [1.82, 2.24) is 0 Å². The van der Waals surface area contributed by atoms with Crippen molar-refractivity contribution in [1.29, 1.82) is 0 Å². The number of hydrogen-bond acceptors (Lipinski definition) is 11. The Balaban J connectivity index is 0.000000138. The highest BCUT2D eigenvalue weighted by molar-refractivity contribution is 5.59. The van der Waals surface area contributed by atoms with E-state index in [0.29, 0.717) is 80.6 Å². The molecule has 0 saturated carbocycles. The van der Waals surface area contributed by atoms with E-state index in [0.717, 1.165) is 115 Å². The van der Waals surface area contributed by atoms with Crippen LogP contribution in [0.15, 0.2) is 140 Å². The second kappa shape index (κ2) is 39.6. The molecule has 0 unspecified atom stereocenters. The van der Waals surface area contributed by atoms with E-state index in [2.05, 4.69) is 238 Å². The van der Waals surface area contributed by atoms with E-state index in [9.17, 15) is 0 Å². The average Bonchev–Trinajstić information content (AvgIpc) is 0.904. The molecule has 0 radical (unpaired) electrons. The first kappa shape index (κ1) is 79.7. The first-order valence-corrected chi connectivity index (χ1v) is 39.2. The Morgan fingerprint density at radius 1 is 0.250 bits per heavy atom. The molecule has 11 nitrogen and oxygen atoms in total. The van der Waals surface area contributed by atoms with E-state index in [1.807, 2.05) is 24.3 Å². The van der Waals surface area contributed by atoms with Gasteiger partial charge in [-0.25, -0.2) is 0 Å². The molecule has 1 N–H and O–H groups in total. The maximum absolute atomic E-state index is 5.62. The van der Waals surface area contributed by atoms with Crippen LogP contribution in [0.5, 0.6) is 57.5 Å². The highest BCUT2D eigenvalue weighted by Crippen LogP contribution is 2.40. The van der Waals surface area contributed by atoms with Crippen LogP contribution >= 0.6 is 0 Å². The normalized spacial score (nSPS) is 15.0. The van der Waals surface area contributed by atoms with Crippen molar-refractivity contribution in [3.8, 4) is 57.5 Å². The number of aryl methyl sites for hydroxylation is 5. The summed E-state index contributed by atoms with van der Waals surface area (Å²) in [5.41, 5.74) is 20.7. The summed E-state index contributed by atoms with van der Waals surface area (Å²) in [6.45, 7) is 44.8. The summed E-state index contributed by atoms with van der Waals surface area (Å²) in [7, 11) is 0. The van der Waals surface area contributed by atoms with Gasteiger partial charge in [-0.1, -0.05) is 190 Å². The van der Waals surface area contributed by atoms with Crippen LogP contribution in [0.1, 0.15) is 268 Å². The number of nitrogens with one attached hydrogen (secondary N) is 1. The second-order valence-electron chi connectivity index (χ2n) is 30.8. The molecule has 16 rings (SSSR count). The minimum Gasteiger partial charge on any atom is -0.493 e. The fourth-order valence-electron chi connectivity index (χ4n) is 13.4. The summed E-state index contributed by atoms with van der Waals surface area (Å²) >= 11 is 0. The number of hydrogen-bond donors (Lipinski definition) is 1. The van der Waals surface area contributed by atoms with Crippen molar-refractivity contribution in [2.45, 2.75) is 229 Å². The SMILES string of the molecule is CC(C)c1ccc2c(c1)CCCC2.CC(C)c1ccc2c(c1)CCCO2.CC(C)c1ccc2c(c1)CCCO2.CC(C)c1ccc2c(c1)OCCC2.CC(C)c1ccc2c(c1)OCCN2.CC(C)c1ccc2c(c1)OCCO2.CC(C)c1ccc2c(c1)OCO2.Cc1c(C(C)C)ccc2c1OCCO2. The Morgan fingerprint density at radius 2 is 0.596 bits per heavy atom. The molecule has 0 bridgehead atoms. The molecule has 8 aromatic carbocycles. The molecular weight excluding hydrogens is 1290 g/mol. The lowest BCUT2D eigenvalue weighted by Crippen LogP contribution is -2.18. The van der Waals surface area contributed by atoms with Gasteiger partial charge >= 0.3 is 0 Å². The predicted octanol–water partition coefficient (Wildman–Crippen LogP) is 23.7. The van der Waals surface area contributed by atoms with E-state index < -0.39 is 0 Å². The summed E-state index contributed by atoms with van der Waals surface area (Å²) in [5.74, 6) is 14.3. The van der Waals surface area contributed by atoms with Gasteiger partial charge in [0.2, 0.25) is 6.79 Å². The number of ether oxygens (including phenoxy) is 10. The molecular formula is C93H123NO10. The lowest BCUT2D eigenvalue weighted by molar-refractivity contribution is 0.170. The third kappa shape index (κ3) is 23.0. The van der Waals surface area contributed by atoms with Crippen LogP contribution in [0.3, 0.4) is 0 Å². The Bertz CT molecular complexity index is 3500. The zero-order valence-electron chi connectivity index (χ0n) is 66.1. The molecule has 0 aromatic heterocycles. The molecule has 11 heteroatoms. The summed E-state index contributed by atoms with van der Waals surface area (Å²) in [6.07, 6.45) is 12.4. The molecule has 104 heavy (non-hydrogen) atoms. The van der Waals surface area contributed by atoms with Gasteiger partial charge in [-0.05, 0) is 257 Å². The monoisotopic (exact) mass is 1410 g/mol. The van der Waals surface area contributed by atoms with Gasteiger partial charge in [0.25, 0.3) is 0 Å². The topological polar surface area (TPSA) is 104 Å². The lowest BCUT2D eigenvalue weighted by atomic mass is 9.88. The van der Waals surface area contributed by atoms with Crippen LogP contribution in [0, 0.1) is 6.92 Å². The molecule has 1 aliphatic carbocycles. The highest BCUT2D eigenvalue weighted by atomic mass is 16.7. The van der Waals surface area contributed by atoms with Crippen LogP contribution < -0.4 is 52.7 Å². The molecule has 0 fully saturated rings. The molecule has 560 valence electrons. The van der Waals surface area contributed by atoms with E-state index >= 15 is 0 Å². The van der Waals surface area contributed by atoms with Crippen molar-refractivity contribution in [3.63, 3.8) is 0 Å². The third-order valence-electron chi connectivity index (χ3n) is 20.1. The molecule has 7 heterocycles. The lowest BCUT2D eigenvalue weighted by Gasteiger charge is -2.22. The molecule has 0 spiro atoms. The fourth-order valence-corrected chi connectivity index (χ4v) is 13.4. The first-order valence-electron chi connectivity index (χ1n) is 39.2. The van der Waals surface area contributed by atoms with E-state index in [4.69, 9.17) is 47.4 Å². The van der Waals surface area contributed by atoms with Crippen LogP contribution in [0.4, 0.5) is 5.69 Å². The maximum Gasteiger partial charge on any atom is 0.231 e. The van der Waals surface area contributed by atoms with Gasteiger partial charge in [0, 0.05) is 6.54 Å². The maximum atomic E-state index is 5.62. The van der Waals surface area contributed by atoms with Gasteiger partial charge in [0.05, 0.1) is 25.5 Å². The quantitative estimate of drug-likeness (QED) is 0.157. The van der Waals surface area contributed by atoms with E-state index in [1.165, 1.54) is 112 Å². The minimum absolute atomic E-state index is 0.358. The largest absolute Gasteiger partial charge is 0.493 e. The standard InChI is InChI=1S/C13H18.C12H16O2.3C12H16O.C11H15NO.C11H14O2.C10H12O2/c1-10(2)12-8-7-11-5-3-4-6-13(11)9-12;1-8(2)10-4-5-11-12(9(10)3)14-7-6-13-11;2*1-9(2)10-5-6-12-11(8-10)4-3-7-13-12;1-9(2)11-6-5-10-4-3-7-13-12(10)8-11;2*1-8(2)9-3-4-10-11(7-9)13-6-5-12-10;1-7(2)8-3-4-9-10(5-8)12-6-11-9/h7-10H,3-6H2,1-2H3;4-5,8H,6-7H2,1-3H3;3*5-6,8-9H,3-4,7H2,1-2H3;3-4,7-8,12H,5-6H2,1-2H3;3-4,7-8H,5-6H2,1-2H3;3-5,7H,6H2,1-2H3. The molecule has 0 saturated heterocycles. The van der Waals surface area contributed by atoms with Gasteiger partial charge < -0.3 is 52.7 Å². The summed E-state index contributed by atoms with van der Waals surface area (Å²) in [5, 5.41) is 3.30.